The number of hydrogen-bond donors (Lipinski definition) is 2. The van der Waals surface area contributed by atoms with Crippen LogP contribution in [0.3, 0.4) is 0 Å². The molecule has 0 aromatic heterocycles. The molecule has 1 atom stereocenters. The van der Waals surface area contributed by atoms with Crippen LogP contribution in [0.1, 0.15) is 13.8 Å². The Kier molecular flexibility index (Phi) is 2.28. The maximum atomic E-state index is 8.70. The lowest BCUT2D eigenvalue weighted by molar-refractivity contribution is -0.0459. The first-order valence-electron chi connectivity index (χ1n) is 3.61. The Bertz CT molecular complexity index is 104. The maximum Gasteiger partial charge on any atom is 0.0930 e. The number of ether oxygens (including phenoxy) is 1. The Balaban J connectivity index is 2.31. The SMILES string of the molecule is CC1(C)CO[C@@H](CO)CN1. The fourth-order valence-electron chi connectivity index (χ4n) is 0.944. The van der Waals surface area contributed by atoms with Gasteiger partial charge in [-0.2, -0.15) is 0 Å². The molecule has 0 unspecified atom stereocenters. The molecule has 60 valence electrons. The van der Waals surface area contributed by atoms with Gasteiger partial charge in [0.05, 0.1) is 19.3 Å². The Morgan fingerprint density at radius 1 is 1.70 bits per heavy atom. The lowest BCUT2D eigenvalue weighted by atomic mass is 10.1. The second kappa shape index (κ2) is 2.86. The number of aliphatic hydroxyl groups excluding tert-OH is 1. The van der Waals surface area contributed by atoms with Gasteiger partial charge in [0.2, 0.25) is 0 Å². The minimum absolute atomic E-state index is 0.00646. The van der Waals surface area contributed by atoms with Crippen molar-refractivity contribution in [1.82, 2.24) is 5.32 Å². The third-order valence-electron chi connectivity index (χ3n) is 1.69. The topological polar surface area (TPSA) is 41.5 Å². The first kappa shape index (κ1) is 7.98. The standard InChI is InChI=1S/C7H15NO2/c1-7(2)5-10-6(4-9)3-8-7/h6,8-9H,3-5H2,1-2H3/t6-/m1/s1. The molecule has 3 heteroatoms. The molecule has 1 aliphatic rings. The molecule has 2 N–H and O–H groups in total. The molecule has 1 saturated heterocycles. The smallest absolute Gasteiger partial charge is 0.0930 e. The van der Waals surface area contributed by atoms with Gasteiger partial charge in [-0.25, -0.2) is 0 Å². The number of hydrogen-bond acceptors (Lipinski definition) is 3. The molecule has 1 aliphatic heterocycles. The molecule has 1 heterocycles. The third kappa shape index (κ3) is 1.94. The summed E-state index contributed by atoms with van der Waals surface area (Å²) in [6.07, 6.45) is -0.00646. The van der Waals surface area contributed by atoms with E-state index in [9.17, 15) is 0 Å². The molecule has 10 heavy (non-hydrogen) atoms. The van der Waals surface area contributed by atoms with Crippen LogP contribution in [-0.4, -0.2) is 36.5 Å². The van der Waals surface area contributed by atoms with Crippen molar-refractivity contribution in [2.24, 2.45) is 0 Å². The highest BCUT2D eigenvalue weighted by atomic mass is 16.5. The average Bonchev–Trinajstić information content (AvgIpc) is 1.88. The summed E-state index contributed by atoms with van der Waals surface area (Å²) in [7, 11) is 0. The molecule has 0 saturated carbocycles. The summed E-state index contributed by atoms with van der Waals surface area (Å²) in [4.78, 5) is 0. The highest BCUT2D eigenvalue weighted by Crippen LogP contribution is 2.09. The predicted molar refractivity (Wildman–Crippen MR) is 38.9 cm³/mol. The predicted octanol–water partition coefficient (Wildman–Crippen LogP) is -0.254. The Morgan fingerprint density at radius 3 is 2.80 bits per heavy atom. The maximum absolute atomic E-state index is 8.70. The van der Waals surface area contributed by atoms with Crippen LogP contribution in [0.25, 0.3) is 0 Å². The van der Waals surface area contributed by atoms with Crippen LogP contribution in [0.15, 0.2) is 0 Å². The van der Waals surface area contributed by atoms with Crippen LogP contribution in [0, 0.1) is 0 Å². The molecule has 0 aromatic rings. The van der Waals surface area contributed by atoms with Crippen molar-refractivity contribution in [1.29, 1.82) is 0 Å². The molecule has 1 rings (SSSR count). The number of aliphatic hydroxyl groups is 1. The van der Waals surface area contributed by atoms with Crippen molar-refractivity contribution in [3.63, 3.8) is 0 Å². The van der Waals surface area contributed by atoms with Gasteiger partial charge in [0.25, 0.3) is 0 Å². The fourth-order valence-corrected chi connectivity index (χ4v) is 0.944. The quantitative estimate of drug-likeness (QED) is 0.534. The van der Waals surface area contributed by atoms with E-state index in [1.807, 2.05) is 0 Å². The van der Waals surface area contributed by atoms with Gasteiger partial charge in [0, 0.05) is 12.1 Å². The molecule has 0 radical (unpaired) electrons. The number of rotatable bonds is 1. The Hall–Kier alpha value is -0.120. The van der Waals surface area contributed by atoms with Crippen molar-refractivity contribution >= 4 is 0 Å². The molecule has 3 nitrogen and oxygen atoms in total. The zero-order valence-electron chi connectivity index (χ0n) is 6.55. The van der Waals surface area contributed by atoms with Gasteiger partial charge in [-0.05, 0) is 13.8 Å². The summed E-state index contributed by atoms with van der Waals surface area (Å²) >= 11 is 0. The fraction of sp³-hybridized carbons (Fsp3) is 1.00. The van der Waals surface area contributed by atoms with E-state index in [1.54, 1.807) is 0 Å². The van der Waals surface area contributed by atoms with E-state index in [1.165, 1.54) is 0 Å². The van der Waals surface area contributed by atoms with Crippen LogP contribution in [-0.2, 0) is 4.74 Å². The van der Waals surface area contributed by atoms with E-state index in [-0.39, 0.29) is 18.2 Å². The highest BCUT2D eigenvalue weighted by Gasteiger charge is 2.25. The first-order chi connectivity index (χ1) is 4.64. The Labute approximate surface area is 61.4 Å². The van der Waals surface area contributed by atoms with E-state index < -0.39 is 0 Å². The summed E-state index contributed by atoms with van der Waals surface area (Å²) in [6, 6.07) is 0. The van der Waals surface area contributed by atoms with Gasteiger partial charge in [0.1, 0.15) is 0 Å². The number of morpholine rings is 1. The van der Waals surface area contributed by atoms with Crippen molar-refractivity contribution < 1.29 is 9.84 Å². The van der Waals surface area contributed by atoms with Crippen molar-refractivity contribution in [2.45, 2.75) is 25.5 Å². The highest BCUT2D eigenvalue weighted by molar-refractivity contribution is 4.83. The summed E-state index contributed by atoms with van der Waals surface area (Å²) in [5.41, 5.74) is 0.0751. The van der Waals surface area contributed by atoms with E-state index in [2.05, 4.69) is 19.2 Å². The van der Waals surface area contributed by atoms with Crippen molar-refractivity contribution in [2.75, 3.05) is 19.8 Å². The van der Waals surface area contributed by atoms with E-state index in [0.29, 0.717) is 6.61 Å². The molecular weight excluding hydrogens is 130 g/mol. The first-order valence-corrected chi connectivity index (χ1v) is 3.61. The molecule has 0 aliphatic carbocycles. The van der Waals surface area contributed by atoms with Crippen molar-refractivity contribution in [3.8, 4) is 0 Å². The van der Waals surface area contributed by atoms with Gasteiger partial charge in [-0.3, -0.25) is 0 Å². The summed E-state index contributed by atoms with van der Waals surface area (Å²) in [6.45, 7) is 5.71. The average molecular weight is 145 g/mol. The van der Waals surface area contributed by atoms with Crippen LogP contribution in [0.5, 0.6) is 0 Å². The zero-order valence-corrected chi connectivity index (χ0v) is 6.55. The summed E-state index contributed by atoms with van der Waals surface area (Å²) in [5, 5.41) is 12.0. The lowest BCUT2D eigenvalue weighted by Crippen LogP contribution is -2.54. The summed E-state index contributed by atoms with van der Waals surface area (Å²) < 4.78 is 5.33. The molecule has 0 spiro atoms. The second-order valence-electron chi connectivity index (χ2n) is 3.38. The van der Waals surface area contributed by atoms with Gasteiger partial charge < -0.3 is 15.2 Å². The van der Waals surface area contributed by atoms with Gasteiger partial charge in [-0.1, -0.05) is 0 Å². The van der Waals surface area contributed by atoms with E-state index in [4.69, 9.17) is 9.84 Å². The molecule has 0 bridgehead atoms. The number of nitrogens with one attached hydrogen (secondary N) is 1. The van der Waals surface area contributed by atoms with E-state index >= 15 is 0 Å². The van der Waals surface area contributed by atoms with Gasteiger partial charge in [0.15, 0.2) is 0 Å². The van der Waals surface area contributed by atoms with Crippen LogP contribution >= 0.6 is 0 Å². The van der Waals surface area contributed by atoms with Crippen LogP contribution in [0.2, 0.25) is 0 Å². The third-order valence-corrected chi connectivity index (χ3v) is 1.69. The van der Waals surface area contributed by atoms with Crippen molar-refractivity contribution in [3.05, 3.63) is 0 Å². The molecule has 0 amide bonds. The normalized spacial score (nSPS) is 32.1. The Morgan fingerprint density at radius 2 is 2.40 bits per heavy atom. The monoisotopic (exact) mass is 145 g/mol. The van der Waals surface area contributed by atoms with Gasteiger partial charge in [-0.15, -0.1) is 0 Å². The second-order valence-corrected chi connectivity index (χ2v) is 3.38. The lowest BCUT2D eigenvalue weighted by Gasteiger charge is -2.35. The van der Waals surface area contributed by atoms with Crippen LogP contribution in [0.4, 0.5) is 0 Å². The minimum atomic E-state index is -0.00646. The van der Waals surface area contributed by atoms with Gasteiger partial charge >= 0.3 is 0 Å². The van der Waals surface area contributed by atoms with E-state index in [0.717, 1.165) is 6.54 Å². The largest absolute Gasteiger partial charge is 0.394 e. The zero-order chi connectivity index (χ0) is 7.61. The minimum Gasteiger partial charge on any atom is -0.394 e. The molecule has 0 aromatic carbocycles. The van der Waals surface area contributed by atoms with Crippen LogP contribution < -0.4 is 5.32 Å². The molecule has 1 fully saturated rings. The molecular formula is C7H15NO2. The summed E-state index contributed by atoms with van der Waals surface area (Å²) in [5.74, 6) is 0.